The van der Waals surface area contributed by atoms with Crippen LogP contribution < -0.4 is 10.2 Å². The van der Waals surface area contributed by atoms with Crippen LogP contribution in [0.3, 0.4) is 0 Å². The summed E-state index contributed by atoms with van der Waals surface area (Å²) in [7, 11) is 3.86. The monoisotopic (exact) mass is 248 g/mol. The van der Waals surface area contributed by atoms with Crippen LogP contribution >= 0.6 is 0 Å². The molecule has 0 aliphatic heterocycles. The molecule has 0 radical (unpaired) electrons. The smallest absolute Gasteiger partial charge is 0.225 e. The van der Waals surface area contributed by atoms with Crippen molar-refractivity contribution >= 4 is 11.9 Å². The summed E-state index contributed by atoms with van der Waals surface area (Å²) in [6.45, 7) is 1.87. The van der Waals surface area contributed by atoms with Crippen molar-refractivity contribution in [1.29, 1.82) is 0 Å². The van der Waals surface area contributed by atoms with Gasteiger partial charge in [0, 0.05) is 32.3 Å². The number of anilines is 1. The molecular formula is C13H20N4O. The van der Waals surface area contributed by atoms with E-state index in [4.69, 9.17) is 0 Å². The molecule has 0 saturated carbocycles. The Hall–Kier alpha value is -1.65. The summed E-state index contributed by atoms with van der Waals surface area (Å²) >= 11 is 0. The van der Waals surface area contributed by atoms with Gasteiger partial charge in [-0.15, -0.1) is 0 Å². The number of carbonyl (C=O) groups excluding carboxylic acids is 1. The Morgan fingerprint density at radius 1 is 1.56 bits per heavy atom. The van der Waals surface area contributed by atoms with Gasteiger partial charge in [-0.1, -0.05) is 6.92 Å². The number of rotatable bonds is 3. The zero-order valence-electron chi connectivity index (χ0n) is 11.2. The SMILES string of the molecule is CCC(=O)NC1CCCc2nc(N(C)C)ncc21. The minimum atomic E-state index is 0.0809. The summed E-state index contributed by atoms with van der Waals surface area (Å²) in [6.07, 6.45) is 5.38. The third-order valence-corrected chi connectivity index (χ3v) is 3.23. The number of hydrogen-bond acceptors (Lipinski definition) is 4. The Bertz CT molecular complexity index is 445. The Morgan fingerprint density at radius 2 is 2.33 bits per heavy atom. The predicted molar refractivity (Wildman–Crippen MR) is 70.5 cm³/mol. The van der Waals surface area contributed by atoms with E-state index in [1.807, 2.05) is 32.1 Å². The molecule has 98 valence electrons. The number of amides is 1. The van der Waals surface area contributed by atoms with Gasteiger partial charge in [0.15, 0.2) is 0 Å². The molecule has 0 spiro atoms. The van der Waals surface area contributed by atoms with Crippen LogP contribution in [0.1, 0.15) is 43.5 Å². The molecule has 1 aliphatic carbocycles. The van der Waals surface area contributed by atoms with Gasteiger partial charge in [0.05, 0.1) is 11.7 Å². The van der Waals surface area contributed by atoms with Crippen LogP contribution in [-0.2, 0) is 11.2 Å². The average Bonchev–Trinajstić information content (AvgIpc) is 2.38. The highest BCUT2D eigenvalue weighted by atomic mass is 16.1. The molecular weight excluding hydrogens is 228 g/mol. The summed E-state index contributed by atoms with van der Waals surface area (Å²) in [6, 6.07) is 0.0809. The van der Waals surface area contributed by atoms with Crippen LogP contribution in [0.4, 0.5) is 5.95 Å². The zero-order chi connectivity index (χ0) is 13.1. The second kappa shape index (κ2) is 5.33. The number of nitrogens with zero attached hydrogens (tertiary/aromatic N) is 3. The fourth-order valence-corrected chi connectivity index (χ4v) is 2.20. The molecule has 1 heterocycles. The molecule has 5 heteroatoms. The fourth-order valence-electron chi connectivity index (χ4n) is 2.20. The minimum Gasteiger partial charge on any atom is -0.349 e. The van der Waals surface area contributed by atoms with Crippen molar-refractivity contribution in [2.45, 2.75) is 38.6 Å². The normalized spacial score (nSPS) is 18.1. The predicted octanol–water partition coefficient (Wildman–Crippen LogP) is 1.45. The van der Waals surface area contributed by atoms with E-state index in [0.29, 0.717) is 6.42 Å². The van der Waals surface area contributed by atoms with Gasteiger partial charge >= 0.3 is 0 Å². The van der Waals surface area contributed by atoms with Crippen LogP contribution in [-0.4, -0.2) is 30.0 Å². The van der Waals surface area contributed by atoms with E-state index in [1.165, 1.54) is 0 Å². The molecule has 1 N–H and O–H groups in total. The standard InChI is InChI=1S/C13H20N4O/c1-4-12(18)15-10-6-5-7-11-9(10)8-14-13(16-11)17(2)3/h8,10H,4-7H2,1-3H3,(H,15,18). The van der Waals surface area contributed by atoms with Crippen molar-refractivity contribution in [3.63, 3.8) is 0 Å². The number of fused-ring (bicyclic) bond motifs is 1. The molecule has 2 rings (SSSR count). The van der Waals surface area contributed by atoms with E-state index >= 15 is 0 Å². The topological polar surface area (TPSA) is 58.1 Å². The molecule has 18 heavy (non-hydrogen) atoms. The molecule has 1 unspecified atom stereocenters. The first kappa shape index (κ1) is 12.8. The molecule has 0 aromatic carbocycles. The maximum absolute atomic E-state index is 11.5. The number of hydrogen-bond donors (Lipinski definition) is 1. The first-order chi connectivity index (χ1) is 8.61. The van der Waals surface area contributed by atoms with Crippen LogP contribution in [0.25, 0.3) is 0 Å². The van der Waals surface area contributed by atoms with Gasteiger partial charge in [-0.05, 0) is 19.3 Å². The molecule has 1 aromatic heterocycles. The summed E-state index contributed by atoms with van der Waals surface area (Å²) < 4.78 is 0. The number of aryl methyl sites for hydroxylation is 1. The highest BCUT2D eigenvalue weighted by molar-refractivity contribution is 5.76. The van der Waals surface area contributed by atoms with E-state index in [2.05, 4.69) is 15.3 Å². The average molecular weight is 248 g/mol. The van der Waals surface area contributed by atoms with E-state index < -0.39 is 0 Å². The maximum Gasteiger partial charge on any atom is 0.225 e. The van der Waals surface area contributed by atoms with Crippen LogP contribution in [0.2, 0.25) is 0 Å². The summed E-state index contributed by atoms with van der Waals surface area (Å²) in [5.41, 5.74) is 2.15. The van der Waals surface area contributed by atoms with Gasteiger partial charge in [0.2, 0.25) is 11.9 Å². The Labute approximate surface area is 108 Å². The number of aromatic nitrogens is 2. The fraction of sp³-hybridized carbons (Fsp3) is 0.615. The van der Waals surface area contributed by atoms with Crippen molar-refractivity contribution in [2.24, 2.45) is 0 Å². The van der Waals surface area contributed by atoms with Crippen molar-refractivity contribution in [3.05, 3.63) is 17.5 Å². The number of carbonyl (C=O) groups is 1. The van der Waals surface area contributed by atoms with E-state index in [1.54, 1.807) is 0 Å². The second-order valence-corrected chi connectivity index (χ2v) is 4.83. The molecule has 1 amide bonds. The molecule has 0 bridgehead atoms. The largest absolute Gasteiger partial charge is 0.349 e. The van der Waals surface area contributed by atoms with E-state index in [9.17, 15) is 4.79 Å². The molecule has 1 aromatic rings. The van der Waals surface area contributed by atoms with Crippen LogP contribution in [0.5, 0.6) is 0 Å². The van der Waals surface area contributed by atoms with Crippen molar-refractivity contribution in [3.8, 4) is 0 Å². The Morgan fingerprint density at radius 3 is 3.00 bits per heavy atom. The zero-order valence-corrected chi connectivity index (χ0v) is 11.2. The van der Waals surface area contributed by atoms with E-state index in [0.717, 1.165) is 36.5 Å². The van der Waals surface area contributed by atoms with Gasteiger partial charge in [-0.25, -0.2) is 9.97 Å². The van der Waals surface area contributed by atoms with Crippen molar-refractivity contribution < 1.29 is 4.79 Å². The molecule has 0 fully saturated rings. The van der Waals surface area contributed by atoms with Crippen LogP contribution in [0.15, 0.2) is 6.20 Å². The molecule has 1 aliphatic rings. The van der Waals surface area contributed by atoms with Gasteiger partial charge < -0.3 is 10.2 Å². The summed E-state index contributed by atoms with van der Waals surface area (Å²) in [4.78, 5) is 22.3. The maximum atomic E-state index is 11.5. The van der Waals surface area contributed by atoms with Gasteiger partial charge in [-0.2, -0.15) is 0 Å². The highest BCUT2D eigenvalue weighted by Crippen LogP contribution is 2.28. The first-order valence-corrected chi connectivity index (χ1v) is 6.44. The highest BCUT2D eigenvalue weighted by Gasteiger charge is 2.23. The van der Waals surface area contributed by atoms with Gasteiger partial charge in [0.1, 0.15) is 0 Å². The lowest BCUT2D eigenvalue weighted by atomic mass is 9.92. The third kappa shape index (κ3) is 2.60. The second-order valence-electron chi connectivity index (χ2n) is 4.83. The van der Waals surface area contributed by atoms with E-state index in [-0.39, 0.29) is 11.9 Å². The Kier molecular flexibility index (Phi) is 3.79. The van der Waals surface area contributed by atoms with Gasteiger partial charge in [-0.3, -0.25) is 4.79 Å². The lowest BCUT2D eigenvalue weighted by Crippen LogP contribution is -2.31. The van der Waals surface area contributed by atoms with Gasteiger partial charge in [0.25, 0.3) is 0 Å². The lowest BCUT2D eigenvalue weighted by molar-refractivity contribution is -0.121. The van der Waals surface area contributed by atoms with Crippen molar-refractivity contribution in [2.75, 3.05) is 19.0 Å². The third-order valence-electron chi connectivity index (χ3n) is 3.23. The quantitative estimate of drug-likeness (QED) is 0.879. The minimum absolute atomic E-state index is 0.0809. The summed E-state index contributed by atoms with van der Waals surface area (Å²) in [5.74, 6) is 0.820. The molecule has 5 nitrogen and oxygen atoms in total. The summed E-state index contributed by atoms with van der Waals surface area (Å²) in [5, 5.41) is 3.04. The van der Waals surface area contributed by atoms with Crippen molar-refractivity contribution in [1.82, 2.24) is 15.3 Å². The first-order valence-electron chi connectivity index (χ1n) is 6.44. The Balaban J connectivity index is 2.24. The number of nitrogens with one attached hydrogen (secondary N) is 1. The lowest BCUT2D eigenvalue weighted by Gasteiger charge is -2.26. The molecule has 1 atom stereocenters. The van der Waals surface area contributed by atoms with Crippen LogP contribution in [0, 0.1) is 0 Å². The molecule has 0 saturated heterocycles.